The van der Waals surface area contributed by atoms with E-state index in [0.29, 0.717) is 28.6 Å². The van der Waals surface area contributed by atoms with E-state index >= 15 is 0 Å². The van der Waals surface area contributed by atoms with Crippen LogP contribution in [0.3, 0.4) is 0 Å². The van der Waals surface area contributed by atoms with Crippen molar-refractivity contribution < 1.29 is 4.79 Å². The fraction of sp³-hybridized carbons (Fsp3) is 0.167. The number of aromatic nitrogens is 4. The Morgan fingerprint density at radius 3 is 2.73 bits per heavy atom. The molecule has 0 spiro atoms. The third-order valence-corrected chi connectivity index (χ3v) is 3.99. The molecule has 0 saturated carbocycles. The molecule has 7 nitrogen and oxygen atoms in total. The van der Waals surface area contributed by atoms with Gasteiger partial charge in [0.1, 0.15) is 6.07 Å². The van der Waals surface area contributed by atoms with E-state index in [1.54, 1.807) is 18.2 Å². The summed E-state index contributed by atoms with van der Waals surface area (Å²) >= 11 is 5.95. The molecule has 2 aromatic carbocycles. The number of halogens is 1. The van der Waals surface area contributed by atoms with Crippen molar-refractivity contribution in [1.82, 2.24) is 20.2 Å². The van der Waals surface area contributed by atoms with Gasteiger partial charge in [0.2, 0.25) is 11.7 Å². The van der Waals surface area contributed by atoms with Gasteiger partial charge in [-0.1, -0.05) is 41.4 Å². The van der Waals surface area contributed by atoms with E-state index in [0.717, 1.165) is 11.1 Å². The van der Waals surface area contributed by atoms with Crippen LogP contribution in [0.2, 0.25) is 5.02 Å². The van der Waals surface area contributed by atoms with Crippen molar-refractivity contribution in [2.75, 3.05) is 5.32 Å². The summed E-state index contributed by atoms with van der Waals surface area (Å²) in [6, 6.07) is 14.5. The second-order valence-electron chi connectivity index (χ2n) is 5.68. The third kappa shape index (κ3) is 4.23. The molecule has 0 saturated heterocycles. The van der Waals surface area contributed by atoms with E-state index < -0.39 is 0 Å². The van der Waals surface area contributed by atoms with Crippen LogP contribution in [-0.4, -0.2) is 26.1 Å². The van der Waals surface area contributed by atoms with E-state index in [9.17, 15) is 4.79 Å². The Hall–Kier alpha value is -3.24. The number of hydrogen-bond donors (Lipinski definition) is 1. The quantitative estimate of drug-likeness (QED) is 0.747. The van der Waals surface area contributed by atoms with Gasteiger partial charge < -0.3 is 5.32 Å². The predicted molar refractivity (Wildman–Crippen MR) is 97.4 cm³/mol. The fourth-order valence-corrected chi connectivity index (χ4v) is 2.49. The minimum absolute atomic E-state index is 0.182. The number of nitrogens with one attached hydrogen (secondary N) is 1. The lowest BCUT2D eigenvalue weighted by atomic mass is 10.1. The molecule has 0 atom stereocenters. The average molecular weight is 367 g/mol. The molecule has 0 unspecified atom stereocenters. The zero-order valence-electron chi connectivity index (χ0n) is 14.0. The molecule has 1 aromatic heterocycles. The SMILES string of the molecule is Cc1ccc(-c2nnn(CCC(=O)Nc3ccc(C#N)c(Cl)c3)n2)cc1. The first-order chi connectivity index (χ1) is 12.5. The fourth-order valence-electron chi connectivity index (χ4n) is 2.26. The summed E-state index contributed by atoms with van der Waals surface area (Å²) in [6.07, 6.45) is 0.182. The van der Waals surface area contributed by atoms with Gasteiger partial charge in [0.15, 0.2) is 0 Å². The highest BCUT2D eigenvalue weighted by atomic mass is 35.5. The van der Waals surface area contributed by atoms with Gasteiger partial charge >= 0.3 is 0 Å². The lowest BCUT2D eigenvalue weighted by molar-refractivity contribution is -0.116. The molecule has 130 valence electrons. The Bertz CT molecular complexity index is 974. The van der Waals surface area contributed by atoms with Crippen LogP contribution in [0.15, 0.2) is 42.5 Å². The number of anilines is 1. The minimum atomic E-state index is -0.208. The smallest absolute Gasteiger partial charge is 0.226 e. The summed E-state index contributed by atoms with van der Waals surface area (Å²) in [5.74, 6) is 0.309. The summed E-state index contributed by atoms with van der Waals surface area (Å²) < 4.78 is 0. The van der Waals surface area contributed by atoms with E-state index in [4.69, 9.17) is 16.9 Å². The van der Waals surface area contributed by atoms with Crippen LogP contribution in [-0.2, 0) is 11.3 Å². The second-order valence-corrected chi connectivity index (χ2v) is 6.09. The van der Waals surface area contributed by atoms with Crippen molar-refractivity contribution in [2.24, 2.45) is 0 Å². The Kier molecular flexibility index (Phi) is 5.25. The van der Waals surface area contributed by atoms with Crippen LogP contribution in [0.1, 0.15) is 17.5 Å². The number of tetrazole rings is 1. The molecule has 0 radical (unpaired) electrons. The molecule has 26 heavy (non-hydrogen) atoms. The van der Waals surface area contributed by atoms with Crippen molar-refractivity contribution in [3.05, 3.63) is 58.6 Å². The lowest BCUT2D eigenvalue weighted by Gasteiger charge is -2.05. The molecule has 0 aliphatic heterocycles. The number of hydrogen-bond acceptors (Lipinski definition) is 5. The Balaban J connectivity index is 1.57. The van der Waals surface area contributed by atoms with Crippen molar-refractivity contribution in [3.63, 3.8) is 0 Å². The first-order valence-corrected chi connectivity index (χ1v) is 8.27. The number of nitriles is 1. The number of carbonyl (C=O) groups is 1. The predicted octanol–water partition coefficient (Wildman–Crippen LogP) is 3.20. The monoisotopic (exact) mass is 366 g/mol. The molecule has 1 N–H and O–H groups in total. The molecule has 0 fully saturated rings. The Morgan fingerprint density at radius 1 is 1.27 bits per heavy atom. The van der Waals surface area contributed by atoms with E-state index in [1.807, 2.05) is 37.3 Å². The summed E-state index contributed by atoms with van der Waals surface area (Å²) in [6.45, 7) is 2.31. The van der Waals surface area contributed by atoms with Gasteiger partial charge in [0.25, 0.3) is 0 Å². The Labute approximate surface area is 155 Å². The first kappa shape index (κ1) is 17.6. The third-order valence-electron chi connectivity index (χ3n) is 3.67. The molecule has 1 amide bonds. The maximum absolute atomic E-state index is 12.1. The van der Waals surface area contributed by atoms with Gasteiger partial charge in [-0.05, 0) is 30.3 Å². The highest BCUT2D eigenvalue weighted by molar-refractivity contribution is 6.32. The molecule has 3 rings (SSSR count). The average Bonchev–Trinajstić information content (AvgIpc) is 3.10. The van der Waals surface area contributed by atoms with E-state index in [-0.39, 0.29) is 12.3 Å². The lowest BCUT2D eigenvalue weighted by Crippen LogP contribution is -2.15. The number of benzene rings is 2. The van der Waals surface area contributed by atoms with Gasteiger partial charge in [-0.25, -0.2) is 0 Å². The molecule has 0 bridgehead atoms. The van der Waals surface area contributed by atoms with Crippen molar-refractivity contribution in [1.29, 1.82) is 5.26 Å². The highest BCUT2D eigenvalue weighted by Gasteiger charge is 2.09. The minimum Gasteiger partial charge on any atom is -0.326 e. The highest BCUT2D eigenvalue weighted by Crippen LogP contribution is 2.20. The molecule has 8 heteroatoms. The number of nitrogens with zero attached hydrogens (tertiary/aromatic N) is 5. The van der Waals surface area contributed by atoms with Crippen molar-refractivity contribution >= 4 is 23.2 Å². The van der Waals surface area contributed by atoms with Gasteiger partial charge in [-0.3, -0.25) is 4.79 Å². The van der Waals surface area contributed by atoms with Gasteiger partial charge in [0, 0.05) is 17.7 Å². The van der Waals surface area contributed by atoms with E-state index in [1.165, 1.54) is 4.80 Å². The molecule has 1 heterocycles. The topological polar surface area (TPSA) is 96.5 Å². The standard InChI is InChI=1S/C18H15ClN6O/c1-12-2-4-13(5-3-12)18-22-24-25(23-18)9-8-17(26)21-15-7-6-14(11-20)16(19)10-15/h2-7,10H,8-9H2,1H3,(H,21,26). The van der Waals surface area contributed by atoms with Gasteiger partial charge in [0.05, 0.1) is 17.1 Å². The molecule has 3 aromatic rings. The zero-order valence-corrected chi connectivity index (χ0v) is 14.7. The summed E-state index contributed by atoms with van der Waals surface area (Å²) in [4.78, 5) is 13.4. The molecular weight excluding hydrogens is 352 g/mol. The van der Waals surface area contributed by atoms with Crippen LogP contribution in [0.4, 0.5) is 5.69 Å². The normalized spacial score (nSPS) is 10.3. The van der Waals surface area contributed by atoms with Gasteiger partial charge in [-0.15, -0.1) is 10.2 Å². The zero-order chi connectivity index (χ0) is 18.5. The number of rotatable bonds is 5. The summed E-state index contributed by atoms with van der Waals surface area (Å²) in [5, 5.41) is 24.1. The van der Waals surface area contributed by atoms with Crippen LogP contribution in [0.5, 0.6) is 0 Å². The molecular formula is C18H15ClN6O. The van der Waals surface area contributed by atoms with Crippen LogP contribution in [0, 0.1) is 18.3 Å². The maximum atomic E-state index is 12.1. The van der Waals surface area contributed by atoms with Gasteiger partial charge in [-0.2, -0.15) is 10.1 Å². The second kappa shape index (κ2) is 7.76. The summed E-state index contributed by atoms with van der Waals surface area (Å²) in [5.41, 5.74) is 2.92. The van der Waals surface area contributed by atoms with Crippen molar-refractivity contribution in [2.45, 2.75) is 19.9 Å². The first-order valence-electron chi connectivity index (χ1n) is 7.89. The summed E-state index contributed by atoms with van der Waals surface area (Å²) in [7, 11) is 0. The van der Waals surface area contributed by atoms with Crippen LogP contribution < -0.4 is 5.32 Å². The maximum Gasteiger partial charge on any atom is 0.226 e. The van der Waals surface area contributed by atoms with E-state index in [2.05, 4.69) is 20.7 Å². The molecule has 0 aliphatic rings. The van der Waals surface area contributed by atoms with Crippen LogP contribution in [0.25, 0.3) is 11.4 Å². The largest absolute Gasteiger partial charge is 0.326 e. The number of amides is 1. The van der Waals surface area contributed by atoms with Crippen LogP contribution >= 0.6 is 11.6 Å². The van der Waals surface area contributed by atoms with Crippen molar-refractivity contribution in [3.8, 4) is 17.5 Å². The number of aryl methyl sites for hydroxylation is 2. The molecule has 0 aliphatic carbocycles. The Morgan fingerprint density at radius 2 is 2.04 bits per heavy atom. The number of carbonyl (C=O) groups excluding carboxylic acids is 1.